The molecule has 0 amide bonds. The van der Waals surface area contributed by atoms with E-state index in [-0.39, 0.29) is 29.2 Å². The van der Waals surface area contributed by atoms with Gasteiger partial charge in [0.25, 0.3) is 0 Å². The van der Waals surface area contributed by atoms with Crippen LogP contribution in [0.1, 0.15) is 26.7 Å². The van der Waals surface area contributed by atoms with Gasteiger partial charge in [0.05, 0.1) is 0 Å². The highest BCUT2D eigenvalue weighted by Crippen LogP contribution is 2.52. The first-order valence-electron chi connectivity index (χ1n) is 6.25. The molecule has 94 valence electrons. The average molecular weight is 244 g/mol. The summed E-state index contributed by atoms with van der Waals surface area (Å²) in [6.07, 6.45) is 4.93. The number of esters is 1. The number of allylic oxidation sites excluding steroid dienone is 3. The van der Waals surface area contributed by atoms with Gasteiger partial charge in [0, 0.05) is 5.57 Å². The van der Waals surface area contributed by atoms with Crippen molar-refractivity contribution < 1.29 is 14.3 Å². The number of rotatable bonds is 0. The molecule has 3 rings (SSSR count). The molecular weight excluding hydrogens is 228 g/mol. The van der Waals surface area contributed by atoms with Gasteiger partial charge in [-0.2, -0.15) is 0 Å². The van der Waals surface area contributed by atoms with Crippen LogP contribution in [0.3, 0.4) is 0 Å². The Hall–Kier alpha value is -1.64. The standard InChI is InChI=1S/C15H16O3/c1-8-10-6-11-9(2)12(16)4-5-15(11,3)7-13(10)18-14(8)17/h4-5,11,13H,2,6-7H2,1,3H3/t11-,13-,15+/m0/s1. The molecule has 0 radical (unpaired) electrons. The van der Waals surface area contributed by atoms with Crippen LogP contribution < -0.4 is 0 Å². The van der Waals surface area contributed by atoms with E-state index in [2.05, 4.69) is 13.5 Å². The summed E-state index contributed by atoms with van der Waals surface area (Å²) in [4.78, 5) is 23.3. The Labute approximate surface area is 106 Å². The first-order chi connectivity index (χ1) is 8.42. The predicted octanol–water partition coefficient (Wildman–Crippen LogP) is 2.34. The smallest absolute Gasteiger partial charge is 0.334 e. The molecule has 0 N–H and O–H groups in total. The lowest BCUT2D eigenvalue weighted by atomic mass is 9.60. The molecule has 1 aliphatic heterocycles. The van der Waals surface area contributed by atoms with Crippen molar-refractivity contribution in [2.45, 2.75) is 32.8 Å². The summed E-state index contributed by atoms with van der Waals surface area (Å²) in [5, 5.41) is 0. The van der Waals surface area contributed by atoms with E-state index in [1.54, 1.807) is 6.08 Å². The lowest BCUT2D eigenvalue weighted by Crippen LogP contribution is -2.41. The molecule has 3 aliphatic rings. The van der Waals surface area contributed by atoms with Gasteiger partial charge in [0.15, 0.2) is 5.78 Å². The number of ether oxygens (including phenoxy) is 1. The zero-order valence-electron chi connectivity index (χ0n) is 10.7. The Bertz CT molecular complexity index is 538. The first-order valence-corrected chi connectivity index (χ1v) is 6.25. The summed E-state index contributed by atoms with van der Waals surface area (Å²) in [6.45, 7) is 7.86. The normalized spacial score (nSPS) is 38.7. The quantitative estimate of drug-likeness (QED) is 0.485. The Balaban J connectivity index is 2.04. The van der Waals surface area contributed by atoms with Crippen LogP contribution in [0.25, 0.3) is 0 Å². The number of carbonyl (C=O) groups is 2. The summed E-state index contributed by atoms with van der Waals surface area (Å²) < 4.78 is 5.39. The summed E-state index contributed by atoms with van der Waals surface area (Å²) in [5.74, 6) is -0.0942. The number of ketones is 1. The van der Waals surface area contributed by atoms with E-state index in [0.717, 1.165) is 17.6 Å². The fourth-order valence-electron chi connectivity index (χ4n) is 3.36. The third kappa shape index (κ3) is 1.36. The predicted molar refractivity (Wildman–Crippen MR) is 66.7 cm³/mol. The maximum absolute atomic E-state index is 11.7. The molecule has 18 heavy (non-hydrogen) atoms. The van der Waals surface area contributed by atoms with E-state index in [1.807, 2.05) is 13.0 Å². The van der Waals surface area contributed by atoms with Crippen LogP contribution in [0.4, 0.5) is 0 Å². The fourth-order valence-corrected chi connectivity index (χ4v) is 3.36. The van der Waals surface area contributed by atoms with Crippen molar-refractivity contribution in [1.29, 1.82) is 0 Å². The van der Waals surface area contributed by atoms with E-state index in [4.69, 9.17) is 4.74 Å². The minimum atomic E-state index is -0.210. The molecule has 3 nitrogen and oxygen atoms in total. The highest BCUT2D eigenvalue weighted by molar-refractivity contribution is 6.05. The van der Waals surface area contributed by atoms with Gasteiger partial charge in [-0.25, -0.2) is 4.79 Å². The largest absolute Gasteiger partial charge is 0.454 e. The van der Waals surface area contributed by atoms with Gasteiger partial charge in [-0.05, 0) is 48.3 Å². The molecule has 1 saturated carbocycles. The molecule has 1 fully saturated rings. The molecule has 0 saturated heterocycles. The number of fused-ring (bicyclic) bond motifs is 2. The lowest BCUT2D eigenvalue weighted by molar-refractivity contribution is -0.141. The monoisotopic (exact) mass is 244 g/mol. The van der Waals surface area contributed by atoms with Crippen molar-refractivity contribution >= 4 is 11.8 Å². The Morgan fingerprint density at radius 1 is 1.44 bits per heavy atom. The summed E-state index contributed by atoms with van der Waals surface area (Å²) in [5.41, 5.74) is 2.33. The SMILES string of the molecule is C=C1C(=O)C=C[C@]2(C)C[C@@H]3OC(=O)C(C)=C3C[C@@H]12. The minimum Gasteiger partial charge on any atom is -0.454 e. The lowest BCUT2D eigenvalue weighted by Gasteiger charge is -2.44. The van der Waals surface area contributed by atoms with Crippen molar-refractivity contribution in [2.24, 2.45) is 11.3 Å². The van der Waals surface area contributed by atoms with Crippen LogP contribution in [-0.4, -0.2) is 17.9 Å². The zero-order valence-corrected chi connectivity index (χ0v) is 10.7. The van der Waals surface area contributed by atoms with E-state index in [0.29, 0.717) is 12.0 Å². The van der Waals surface area contributed by atoms with Crippen LogP contribution in [0.15, 0.2) is 35.5 Å². The third-order valence-corrected chi connectivity index (χ3v) is 4.62. The number of hydrogen-bond donors (Lipinski definition) is 0. The summed E-state index contributed by atoms with van der Waals surface area (Å²) in [7, 11) is 0. The molecule has 0 aromatic rings. The Kier molecular flexibility index (Phi) is 2.19. The summed E-state index contributed by atoms with van der Waals surface area (Å²) in [6, 6.07) is 0. The molecule has 0 aromatic heterocycles. The highest BCUT2D eigenvalue weighted by Gasteiger charge is 2.49. The molecular formula is C15H16O3. The second kappa shape index (κ2) is 3.44. The average Bonchev–Trinajstić information content (AvgIpc) is 2.58. The van der Waals surface area contributed by atoms with E-state index >= 15 is 0 Å². The molecule has 3 atom stereocenters. The highest BCUT2D eigenvalue weighted by atomic mass is 16.5. The molecule has 1 heterocycles. The first kappa shape index (κ1) is 11.5. The van der Waals surface area contributed by atoms with Crippen LogP contribution in [0.2, 0.25) is 0 Å². The maximum Gasteiger partial charge on any atom is 0.334 e. The van der Waals surface area contributed by atoms with Gasteiger partial charge >= 0.3 is 5.97 Å². The molecule has 3 heteroatoms. The molecule has 0 unspecified atom stereocenters. The zero-order chi connectivity index (χ0) is 13.1. The second-order valence-corrected chi connectivity index (χ2v) is 5.73. The maximum atomic E-state index is 11.7. The topological polar surface area (TPSA) is 43.4 Å². The van der Waals surface area contributed by atoms with E-state index in [9.17, 15) is 9.59 Å². The van der Waals surface area contributed by atoms with Gasteiger partial charge in [-0.3, -0.25) is 4.79 Å². The fraction of sp³-hybridized carbons (Fsp3) is 0.467. The Morgan fingerprint density at radius 2 is 2.17 bits per heavy atom. The minimum absolute atomic E-state index is 0.0134. The van der Waals surface area contributed by atoms with Crippen molar-refractivity contribution in [3.63, 3.8) is 0 Å². The van der Waals surface area contributed by atoms with Crippen LogP contribution in [0.5, 0.6) is 0 Å². The summed E-state index contributed by atoms with van der Waals surface area (Å²) >= 11 is 0. The van der Waals surface area contributed by atoms with Crippen LogP contribution in [-0.2, 0) is 14.3 Å². The van der Waals surface area contributed by atoms with Gasteiger partial charge in [-0.15, -0.1) is 0 Å². The van der Waals surface area contributed by atoms with Crippen molar-refractivity contribution in [1.82, 2.24) is 0 Å². The Morgan fingerprint density at radius 3 is 2.89 bits per heavy atom. The van der Waals surface area contributed by atoms with Crippen LogP contribution in [0, 0.1) is 11.3 Å². The number of hydrogen-bond acceptors (Lipinski definition) is 3. The van der Waals surface area contributed by atoms with Crippen molar-refractivity contribution in [3.8, 4) is 0 Å². The number of carbonyl (C=O) groups excluding carboxylic acids is 2. The third-order valence-electron chi connectivity index (χ3n) is 4.62. The van der Waals surface area contributed by atoms with Gasteiger partial charge in [0.1, 0.15) is 6.10 Å². The van der Waals surface area contributed by atoms with Crippen molar-refractivity contribution in [2.75, 3.05) is 0 Å². The molecule has 2 aliphatic carbocycles. The van der Waals surface area contributed by atoms with Gasteiger partial charge in [-0.1, -0.05) is 19.6 Å². The van der Waals surface area contributed by atoms with E-state index < -0.39 is 0 Å². The molecule has 0 aromatic carbocycles. The van der Waals surface area contributed by atoms with Gasteiger partial charge in [0.2, 0.25) is 0 Å². The molecule has 0 spiro atoms. The van der Waals surface area contributed by atoms with Gasteiger partial charge < -0.3 is 4.74 Å². The second-order valence-electron chi connectivity index (χ2n) is 5.73. The van der Waals surface area contributed by atoms with Crippen LogP contribution >= 0.6 is 0 Å². The van der Waals surface area contributed by atoms with E-state index in [1.165, 1.54) is 0 Å². The molecule has 0 bridgehead atoms. The van der Waals surface area contributed by atoms with Crippen molar-refractivity contribution in [3.05, 3.63) is 35.5 Å².